The summed E-state index contributed by atoms with van der Waals surface area (Å²) in [5.41, 5.74) is 2.62. The van der Waals surface area contributed by atoms with E-state index in [0.717, 1.165) is 35.0 Å². The monoisotopic (exact) mass is 306 g/mol. The van der Waals surface area contributed by atoms with Gasteiger partial charge in [0.05, 0.1) is 22.9 Å². The summed E-state index contributed by atoms with van der Waals surface area (Å²) >= 11 is 0. The lowest BCUT2D eigenvalue weighted by Crippen LogP contribution is -2.03. The molecule has 3 rings (SSSR count). The highest BCUT2D eigenvalue weighted by molar-refractivity contribution is 7.91. The summed E-state index contributed by atoms with van der Waals surface area (Å²) in [6, 6.07) is 5.36. The minimum atomic E-state index is -3.09. The molecule has 2 aromatic rings. The fourth-order valence-electron chi connectivity index (χ4n) is 2.61. The van der Waals surface area contributed by atoms with Gasteiger partial charge in [0.15, 0.2) is 15.7 Å². The summed E-state index contributed by atoms with van der Waals surface area (Å²) in [6.07, 6.45) is 1.33. The highest BCUT2D eigenvalue weighted by Gasteiger charge is 2.27. The minimum Gasteiger partial charge on any atom is -0.444 e. The number of hydrogen-bond donors (Lipinski definition) is 1. The maximum atomic E-state index is 11.9. The van der Waals surface area contributed by atoms with Crippen molar-refractivity contribution in [3.63, 3.8) is 0 Å². The van der Waals surface area contributed by atoms with Crippen molar-refractivity contribution in [2.45, 2.75) is 38.1 Å². The highest BCUT2D eigenvalue weighted by atomic mass is 32.2. The average molecular weight is 306 g/mol. The molecule has 1 aromatic carbocycles. The number of rotatable bonds is 4. The van der Waals surface area contributed by atoms with Gasteiger partial charge < -0.3 is 9.73 Å². The van der Waals surface area contributed by atoms with Gasteiger partial charge in [0, 0.05) is 12.1 Å². The Hall–Kier alpha value is -1.82. The molecule has 1 aliphatic heterocycles. The third-order valence-electron chi connectivity index (χ3n) is 3.77. The maximum absolute atomic E-state index is 11.9. The maximum Gasteiger partial charge on any atom is 0.194 e. The zero-order chi connectivity index (χ0) is 15.0. The predicted octanol–water partition coefficient (Wildman–Crippen LogP) is 2.49. The third kappa shape index (κ3) is 2.55. The van der Waals surface area contributed by atoms with E-state index in [1.165, 1.54) is 0 Å². The Labute approximate surface area is 124 Å². The number of aryl methyl sites for hydroxylation is 2. The summed E-state index contributed by atoms with van der Waals surface area (Å²) < 4.78 is 29.5. The lowest BCUT2D eigenvalue weighted by Gasteiger charge is -2.09. The van der Waals surface area contributed by atoms with Crippen molar-refractivity contribution in [3.8, 4) is 0 Å². The molecule has 1 aromatic heterocycles. The van der Waals surface area contributed by atoms with E-state index in [-0.39, 0.29) is 5.75 Å². The standard InChI is InChI=1S/C15H18N2O3S/c1-3-15-17-10(2)13(20-15)9-16-12-5-4-6-14-11(12)7-8-21(14,18)19/h4-6,16H,3,7-9H2,1-2H3. The number of hydrogen-bond acceptors (Lipinski definition) is 5. The smallest absolute Gasteiger partial charge is 0.194 e. The molecule has 0 spiro atoms. The third-order valence-corrected chi connectivity index (χ3v) is 5.56. The molecule has 0 fully saturated rings. The van der Waals surface area contributed by atoms with Crippen LogP contribution in [-0.2, 0) is 29.2 Å². The van der Waals surface area contributed by atoms with Gasteiger partial charge in [-0.2, -0.15) is 0 Å². The van der Waals surface area contributed by atoms with E-state index in [0.29, 0.717) is 17.9 Å². The Morgan fingerprint density at radius 1 is 1.38 bits per heavy atom. The Balaban J connectivity index is 1.84. The van der Waals surface area contributed by atoms with Gasteiger partial charge in [-0.15, -0.1) is 0 Å². The second-order valence-corrected chi connectivity index (χ2v) is 7.25. The highest BCUT2D eigenvalue weighted by Crippen LogP contribution is 2.31. The molecule has 1 N–H and O–H groups in total. The molecule has 0 atom stereocenters. The number of benzene rings is 1. The van der Waals surface area contributed by atoms with Crippen LogP contribution in [-0.4, -0.2) is 19.2 Å². The molecule has 0 unspecified atom stereocenters. The first kappa shape index (κ1) is 14.1. The van der Waals surface area contributed by atoms with Gasteiger partial charge >= 0.3 is 0 Å². The topological polar surface area (TPSA) is 72.2 Å². The first-order valence-corrected chi connectivity index (χ1v) is 8.70. The van der Waals surface area contributed by atoms with Crippen molar-refractivity contribution in [2.24, 2.45) is 0 Å². The first-order valence-electron chi connectivity index (χ1n) is 7.05. The average Bonchev–Trinajstić information content (AvgIpc) is 2.98. The van der Waals surface area contributed by atoms with Crippen molar-refractivity contribution in [3.05, 3.63) is 41.1 Å². The molecule has 0 amide bonds. The molecule has 1 aliphatic rings. The van der Waals surface area contributed by atoms with Crippen molar-refractivity contribution >= 4 is 15.5 Å². The van der Waals surface area contributed by atoms with Gasteiger partial charge in [-0.25, -0.2) is 13.4 Å². The Kier molecular flexibility index (Phi) is 3.49. The van der Waals surface area contributed by atoms with Gasteiger partial charge in [-0.05, 0) is 31.0 Å². The van der Waals surface area contributed by atoms with Crippen LogP contribution in [0.1, 0.15) is 29.8 Å². The molecule has 21 heavy (non-hydrogen) atoms. The van der Waals surface area contributed by atoms with E-state index in [4.69, 9.17) is 4.42 Å². The molecular weight excluding hydrogens is 288 g/mol. The van der Waals surface area contributed by atoms with Crippen LogP contribution in [0.5, 0.6) is 0 Å². The van der Waals surface area contributed by atoms with E-state index in [1.807, 2.05) is 19.9 Å². The number of anilines is 1. The molecule has 0 saturated heterocycles. The quantitative estimate of drug-likeness (QED) is 0.939. The molecule has 5 nitrogen and oxygen atoms in total. The minimum absolute atomic E-state index is 0.197. The van der Waals surface area contributed by atoms with Crippen molar-refractivity contribution in [1.29, 1.82) is 0 Å². The zero-order valence-corrected chi connectivity index (χ0v) is 13.0. The number of fused-ring (bicyclic) bond motifs is 1. The molecule has 2 heterocycles. The molecule has 0 bridgehead atoms. The number of nitrogens with zero attached hydrogens (tertiary/aromatic N) is 1. The largest absolute Gasteiger partial charge is 0.444 e. The summed E-state index contributed by atoms with van der Waals surface area (Å²) in [5, 5.41) is 3.28. The molecule has 0 radical (unpaired) electrons. The Morgan fingerprint density at radius 3 is 2.90 bits per heavy atom. The van der Waals surface area contributed by atoms with Gasteiger partial charge in [0.1, 0.15) is 5.76 Å². The fourth-order valence-corrected chi connectivity index (χ4v) is 4.17. The zero-order valence-electron chi connectivity index (χ0n) is 12.1. The van der Waals surface area contributed by atoms with E-state index in [9.17, 15) is 8.42 Å². The van der Waals surface area contributed by atoms with E-state index in [2.05, 4.69) is 10.3 Å². The van der Waals surface area contributed by atoms with E-state index >= 15 is 0 Å². The predicted molar refractivity (Wildman–Crippen MR) is 80.1 cm³/mol. The molecule has 112 valence electrons. The summed E-state index contributed by atoms with van der Waals surface area (Å²) in [4.78, 5) is 4.79. The molecule has 0 saturated carbocycles. The van der Waals surface area contributed by atoms with Gasteiger partial charge in [0.25, 0.3) is 0 Å². The van der Waals surface area contributed by atoms with Crippen LogP contribution >= 0.6 is 0 Å². The lowest BCUT2D eigenvalue weighted by atomic mass is 10.1. The van der Waals surface area contributed by atoms with E-state index < -0.39 is 9.84 Å². The van der Waals surface area contributed by atoms with Crippen LogP contribution in [0.15, 0.2) is 27.5 Å². The van der Waals surface area contributed by atoms with Crippen LogP contribution < -0.4 is 5.32 Å². The van der Waals surface area contributed by atoms with E-state index in [1.54, 1.807) is 12.1 Å². The number of oxazole rings is 1. The molecular formula is C15H18N2O3S. The Morgan fingerprint density at radius 2 is 2.19 bits per heavy atom. The van der Waals surface area contributed by atoms with Crippen LogP contribution in [0.4, 0.5) is 5.69 Å². The van der Waals surface area contributed by atoms with Gasteiger partial charge in [0.2, 0.25) is 0 Å². The van der Waals surface area contributed by atoms with Crippen LogP contribution in [0, 0.1) is 6.92 Å². The normalized spacial score (nSPS) is 15.9. The summed E-state index contributed by atoms with van der Waals surface area (Å²) in [6.45, 7) is 4.42. The second kappa shape index (κ2) is 5.18. The number of nitrogens with one attached hydrogen (secondary N) is 1. The van der Waals surface area contributed by atoms with Crippen molar-refractivity contribution < 1.29 is 12.8 Å². The lowest BCUT2D eigenvalue weighted by molar-refractivity contribution is 0.464. The summed E-state index contributed by atoms with van der Waals surface area (Å²) in [7, 11) is -3.09. The van der Waals surface area contributed by atoms with Crippen LogP contribution in [0.25, 0.3) is 0 Å². The molecule has 0 aliphatic carbocycles. The second-order valence-electron chi connectivity index (χ2n) is 5.17. The number of sulfone groups is 1. The number of aromatic nitrogens is 1. The van der Waals surface area contributed by atoms with Crippen molar-refractivity contribution in [2.75, 3.05) is 11.1 Å². The first-order chi connectivity index (χ1) is 10.0. The van der Waals surface area contributed by atoms with Gasteiger partial charge in [-0.1, -0.05) is 13.0 Å². The molecule has 6 heteroatoms. The Bertz CT molecular complexity index is 778. The summed E-state index contributed by atoms with van der Waals surface area (Å²) in [5.74, 6) is 1.72. The van der Waals surface area contributed by atoms with Crippen LogP contribution in [0.3, 0.4) is 0 Å². The van der Waals surface area contributed by atoms with Crippen LogP contribution in [0.2, 0.25) is 0 Å². The SMILES string of the molecule is CCc1nc(C)c(CNc2cccc3c2CCS3(=O)=O)o1. The van der Waals surface area contributed by atoms with Gasteiger partial charge in [-0.3, -0.25) is 0 Å². The van der Waals surface area contributed by atoms with Crippen molar-refractivity contribution in [1.82, 2.24) is 4.98 Å². The fraction of sp³-hybridized carbons (Fsp3) is 0.400.